The molecule has 2 aromatic carbocycles. The number of hydrogen-bond donors (Lipinski definition) is 3. The number of methoxy groups -OCH3 is 1. The van der Waals surface area contributed by atoms with Crippen LogP contribution in [-0.4, -0.2) is 58.2 Å². The molecule has 1 heterocycles. The molecule has 1 fully saturated rings. The van der Waals surface area contributed by atoms with E-state index in [-0.39, 0.29) is 5.91 Å². The Morgan fingerprint density at radius 2 is 2.00 bits per heavy atom. The molecule has 2 aromatic rings. The van der Waals surface area contributed by atoms with Crippen molar-refractivity contribution in [2.45, 2.75) is 12.5 Å². The fraction of sp³-hybridized carbons (Fsp3) is 0.364. The Morgan fingerprint density at radius 1 is 1.20 bits per heavy atom. The summed E-state index contributed by atoms with van der Waals surface area (Å²) >= 11 is 6.11. The molecule has 3 rings (SSSR count). The minimum absolute atomic E-state index is 0.133. The smallest absolute Gasteiger partial charge is 0.251 e. The molecule has 1 saturated heterocycles. The van der Waals surface area contributed by atoms with E-state index >= 15 is 0 Å². The second-order valence-electron chi connectivity index (χ2n) is 7.04. The van der Waals surface area contributed by atoms with Gasteiger partial charge >= 0.3 is 0 Å². The van der Waals surface area contributed by atoms with Crippen LogP contribution >= 0.6 is 11.6 Å². The van der Waals surface area contributed by atoms with E-state index in [0.717, 1.165) is 36.2 Å². The molecule has 30 heavy (non-hydrogen) atoms. The van der Waals surface area contributed by atoms with E-state index in [1.165, 1.54) is 0 Å². The molecule has 0 spiro atoms. The van der Waals surface area contributed by atoms with Crippen LogP contribution in [0.15, 0.2) is 53.5 Å². The van der Waals surface area contributed by atoms with Crippen LogP contribution in [0.2, 0.25) is 5.02 Å². The number of rotatable bonds is 7. The number of guanidine groups is 1. The van der Waals surface area contributed by atoms with Gasteiger partial charge in [-0.3, -0.25) is 9.79 Å². The van der Waals surface area contributed by atoms with Crippen molar-refractivity contribution in [1.82, 2.24) is 16.0 Å². The van der Waals surface area contributed by atoms with Crippen LogP contribution in [0, 0.1) is 0 Å². The molecule has 160 valence electrons. The van der Waals surface area contributed by atoms with E-state index in [1.54, 1.807) is 32.4 Å². The van der Waals surface area contributed by atoms with Crippen molar-refractivity contribution >= 4 is 29.2 Å². The molecular formula is C22H28ClN5O2. The first-order chi connectivity index (χ1) is 14.6. The van der Waals surface area contributed by atoms with Crippen molar-refractivity contribution in [3.05, 3.63) is 59.1 Å². The lowest BCUT2D eigenvalue weighted by molar-refractivity contribution is 0.0954. The summed E-state index contributed by atoms with van der Waals surface area (Å²) in [6, 6.07) is 15.3. The number of nitrogens with one attached hydrogen (secondary N) is 3. The molecule has 1 unspecified atom stereocenters. The van der Waals surface area contributed by atoms with E-state index < -0.39 is 0 Å². The van der Waals surface area contributed by atoms with E-state index in [1.807, 2.05) is 24.3 Å². The largest absolute Gasteiger partial charge is 0.497 e. The molecule has 8 heteroatoms. The summed E-state index contributed by atoms with van der Waals surface area (Å²) in [4.78, 5) is 18.8. The summed E-state index contributed by atoms with van der Waals surface area (Å²) in [5, 5.41) is 10.3. The van der Waals surface area contributed by atoms with Crippen molar-refractivity contribution in [2.24, 2.45) is 4.99 Å². The lowest BCUT2D eigenvalue weighted by Gasteiger charge is -2.20. The molecule has 0 aromatic heterocycles. The molecule has 1 amide bonds. The molecule has 0 saturated carbocycles. The summed E-state index contributed by atoms with van der Waals surface area (Å²) < 4.78 is 5.16. The Bertz CT molecular complexity index is 889. The van der Waals surface area contributed by atoms with Gasteiger partial charge in [-0.2, -0.15) is 0 Å². The highest BCUT2D eigenvalue weighted by atomic mass is 35.5. The number of hydrogen-bond acceptors (Lipinski definition) is 4. The van der Waals surface area contributed by atoms with Crippen LogP contribution in [-0.2, 0) is 0 Å². The van der Waals surface area contributed by atoms with Gasteiger partial charge in [-0.1, -0.05) is 23.7 Å². The molecule has 0 aliphatic carbocycles. The number of ether oxygens (including phenoxy) is 1. The topological polar surface area (TPSA) is 78.0 Å². The Kier molecular flexibility index (Phi) is 7.79. The molecule has 1 aliphatic rings. The van der Waals surface area contributed by atoms with Crippen LogP contribution < -0.4 is 25.6 Å². The Balaban J connectivity index is 1.40. The lowest BCUT2D eigenvalue weighted by atomic mass is 10.2. The van der Waals surface area contributed by atoms with Gasteiger partial charge in [0.1, 0.15) is 5.75 Å². The van der Waals surface area contributed by atoms with Crippen LogP contribution in [0.5, 0.6) is 5.75 Å². The van der Waals surface area contributed by atoms with Crippen LogP contribution in [0.1, 0.15) is 16.8 Å². The van der Waals surface area contributed by atoms with Gasteiger partial charge in [-0.15, -0.1) is 0 Å². The van der Waals surface area contributed by atoms with Crippen LogP contribution in [0.25, 0.3) is 0 Å². The predicted molar refractivity (Wildman–Crippen MR) is 122 cm³/mol. The quantitative estimate of drug-likeness (QED) is 0.358. The minimum Gasteiger partial charge on any atom is -0.497 e. The monoisotopic (exact) mass is 429 g/mol. The van der Waals surface area contributed by atoms with E-state index in [0.29, 0.717) is 30.4 Å². The minimum atomic E-state index is -0.133. The van der Waals surface area contributed by atoms with Gasteiger partial charge in [0.2, 0.25) is 0 Å². The highest BCUT2D eigenvalue weighted by Crippen LogP contribution is 2.23. The third kappa shape index (κ3) is 6.03. The standard InChI is InChI=1S/C22H28ClN5O2/c1-24-22(26-11-10-25-21(29)16-5-3-8-20(13-16)30-2)27-18-9-12-28(15-18)19-7-4-6-17(23)14-19/h3-8,13-14,18H,9-12,15H2,1-2H3,(H,25,29)(H2,24,26,27). The molecule has 0 radical (unpaired) electrons. The predicted octanol–water partition coefficient (Wildman–Crippen LogP) is 2.52. The first kappa shape index (κ1) is 21.8. The fourth-order valence-corrected chi connectivity index (χ4v) is 3.58. The maximum absolute atomic E-state index is 12.2. The first-order valence-corrected chi connectivity index (χ1v) is 10.4. The SMILES string of the molecule is CN=C(NCCNC(=O)c1cccc(OC)c1)NC1CCN(c2cccc(Cl)c2)C1. The average Bonchev–Trinajstić information content (AvgIpc) is 3.24. The zero-order chi connectivity index (χ0) is 21.3. The van der Waals surface area contributed by atoms with Gasteiger partial charge in [-0.05, 0) is 42.8 Å². The molecule has 1 atom stereocenters. The number of carbonyl (C=O) groups is 1. The van der Waals surface area contributed by atoms with Crippen molar-refractivity contribution < 1.29 is 9.53 Å². The maximum atomic E-state index is 12.2. The second-order valence-corrected chi connectivity index (χ2v) is 7.48. The number of anilines is 1. The maximum Gasteiger partial charge on any atom is 0.251 e. The molecule has 7 nitrogen and oxygen atoms in total. The first-order valence-electron chi connectivity index (χ1n) is 9.99. The van der Waals surface area contributed by atoms with Crippen molar-refractivity contribution in [1.29, 1.82) is 0 Å². The average molecular weight is 430 g/mol. The third-order valence-corrected chi connectivity index (χ3v) is 5.20. The van der Waals surface area contributed by atoms with Gasteiger partial charge in [0.15, 0.2) is 5.96 Å². The van der Waals surface area contributed by atoms with E-state index in [9.17, 15) is 4.79 Å². The van der Waals surface area contributed by atoms with Gasteiger partial charge < -0.3 is 25.6 Å². The number of benzene rings is 2. The summed E-state index contributed by atoms with van der Waals surface area (Å²) in [6.45, 7) is 2.90. The summed E-state index contributed by atoms with van der Waals surface area (Å²) in [5.74, 6) is 1.25. The molecule has 3 N–H and O–H groups in total. The normalized spacial score (nSPS) is 16.3. The fourth-order valence-electron chi connectivity index (χ4n) is 3.40. The molecule has 1 aliphatic heterocycles. The molecule has 0 bridgehead atoms. The number of nitrogens with zero attached hydrogens (tertiary/aromatic N) is 2. The third-order valence-electron chi connectivity index (χ3n) is 4.96. The summed E-state index contributed by atoms with van der Waals surface area (Å²) in [5.41, 5.74) is 1.71. The van der Waals surface area contributed by atoms with Crippen molar-refractivity contribution in [2.75, 3.05) is 45.2 Å². The van der Waals surface area contributed by atoms with Crippen LogP contribution in [0.4, 0.5) is 5.69 Å². The van der Waals surface area contributed by atoms with Gasteiger partial charge in [-0.25, -0.2) is 0 Å². The van der Waals surface area contributed by atoms with Gasteiger partial charge in [0.05, 0.1) is 7.11 Å². The van der Waals surface area contributed by atoms with E-state index in [2.05, 4.69) is 31.9 Å². The highest BCUT2D eigenvalue weighted by molar-refractivity contribution is 6.30. The Labute approximate surface area is 182 Å². The van der Waals surface area contributed by atoms with Gasteiger partial charge in [0, 0.05) is 55.5 Å². The summed E-state index contributed by atoms with van der Waals surface area (Å²) in [7, 11) is 3.33. The lowest BCUT2D eigenvalue weighted by Crippen LogP contribution is -2.46. The second kappa shape index (κ2) is 10.7. The zero-order valence-corrected chi connectivity index (χ0v) is 18.1. The number of halogens is 1. The molecular weight excluding hydrogens is 402 g/mol. The number of aliphatic imine (C=N–C) groups is 1. The number of amides is 1. The Morgan fingerprint density at radius 3 is 2.77 bits per heavy atom. The van der Waals surface area contributed by atoms with Gasteiger partial charge in [0.25, 0.3) is 5.91 Å². The van der Waals surface area contributed by atoms with Crippen molar-refractivity contribution in [3.8, 4) is 5.75 Å². The van der Waals surface area contributed by atoms with Crippen LogP contribution in [0.3, 0.4) is 0 Å². The highest BCUT2D eigenvalue weighted by Gasteiger charge is 2.23. The summed E-state index contributed by atoms with van der Waals surface area (Å²) in [6.07, 6.45) is 1.01. The zero-order valence-electron chi connectivity index (χ0n) is 17.3. The Hall–Kier alpha value is -2.93. The van der Waals surface area contributed by atoms with Crippen molar-refractivity contribution in [3.63, 3.8) is 0 Å². The number of carbonyl (C=O) groups excluding carboxylic acids is 1. The van der Waals surface area contributed by atoms with E-state index in [4.69, 9.17) is 16.3 Å².